The van der Waals surface area contributed by atoms with E-state index in [0.717, 1.165) is 24.8 Å². The van der Waals surface area contributed by atoms with Crippen LogP contribution in [0.2, 0.25) is 0 Å². The summed E-state index contributed by atoms with van der Waals surface area (Å²) in [6.45, 7) is 2.22. The number of nitriles is 1. The molecule has 0 spiro atoms. The van der Waals surface area contributed by atoms with E-state index in [1.165, 1.54) is 49.6 Å². The number of rotatable bonds is 10. The lowest BCUT2D eigenvalue weighted by atomic mass is 9.91. The lowest BCUT2D eigenvalue weighted by Crippen LogP contribution is -2.22. The average molecular weight is 536 g/mol. The summed E-state index contributed by atoms with van der Waals surface area (Å²) in [4.78, 5) is 12.4. The van der Waals surface area contributed by atoms with Crippen molar-refractivity contribution in [2.24, 2.45) is 0 Å². The Morgan fingerprint density at radius 1 is 0.895 bits per heavy atom. The fourth-order valence-corrected chi connectivity index (χ4v) is 6.60. The molecule has 0 aromatic heterocycles. The van der Waals surface area contributed by atoms with Crippen LogP contribution in [0.5, 0.6) is 0 Å². The van der Waals surface area contributed by atoms with Crippen LogP contribution in [0.4, 0.5) is 0 Å². The first-order chi connectivity index (χ1) is 18.5. The molecule has 0 bridgehead atoms. The van der Waals surface area contributed by atoms with Gasteiger partial charge in [-0.15, -0.1) is 0 Å². The second-order valence-electron chi connectivity index (χ2n) is 9.86. The van der Waals surface area contributed by atoms with E-state index < -0.39 is 4.75 Å². The van der Waals surface area contributed by atoms with Crippen LogP contribution in [-0.4, -0.2) is 21.5 Å². The van der Waals surface area contributed by atoms with Crippen molar-refractivity contribution in [1.29, 1.82) is 5.26 Å². The Hall–Kier alpha value is -3.46. The minimum atomic E-state index is -0.777. The summed E-state index contributed by atoms with van der Waals surface area (Å²) in [6.07, 6.45) is 3.27. The first-order valence-electron chi connectivity index (χ1n) is 13.0. The van der Waals surface area contributed by atoms with Gasteiger partial charge in [0.2, 0.25) is 0 Å². The number of aryl methyl sites for hydroxylation is 1. The summed E-state index contributed by atoms with van der Waals surface area (Å²) < 4.78 is 5.38. The van der Waals surface area contributed by atoms with Gasteiger partial charge in [-0.05, 0) is 76.1 Å². The molecule has 0 saturated carbocycles. The monoisotopic (exact) mass is 535 g/mol. The topological polar surface area (TPSA) is 50.1 Å². The highest BCUT2D eigenvalue weighted by atomic mass is 32.2. The molecule has 0 aliphatic carbocycles. The van der Waals surface area contributed by atoms with Crippen molar-refractivity contribution in [1.82, 2.24) is 0 Å². The van der Waals surface area contributed by atoms with Crippen molar-refractivity contribution >= 4 is 66.5 Å². The van der Waals surface area contributed by atoms with Gasteiger partial charge in [0.25, 0.3) is 0 Å². The van der Waals surface area contributed by atoms with E-state index in [2.05, 4.69) is 60.7 Å². The summed E-state index contributed by atoms with van der Waals surface area (Å²) in [5.41, 5.74) is 2.25. The van der Waals surface area contributed by atoms with E-state index in [0.29, 0.717) is 17.2 Å². The molecule has 38 heavy (non-hydrogen) atoms. The van der Waals surface area contributed by atoms with Gasteiger partial charge in [-0.2, -0.15) is 5.26 Å². The summed E-state index contributed by atoms with van der Waals surface area (Å²) in [6, 6.07) is 31.8. The molecule has 0 aliphatic heterocycles. The van der Waals surface area contributed by atoms with Crippen LogP contribution in [0.15, 0.2) is 84.9 Å². The fraction of sp³-hybridized carbons (Fsp3) is 0.242. The van der Waals surface area contributed by atoms with Crippen LogP contribution in [0, 0.1) is 11.3 Å². The van der Waals surface area contributed by atoms with Crippen molar-refractivity contribution in [2.75, 3.05) is 6.61 Å². The molecule has 190 valence electrons. The summed E-state index contributed by atoms with van der Waals surface area (Å²) in [7, 11) is 0. The maximum atomic E-state index is 12.4. The Balaban J connectivity index is 1.11. The molecule has 0 aliphatic rings. The van der Waals surface area contributed by atoms with E-state index in [4.69, 9.17) is 17.0 Å². The highest BCUT2D eigenvalue weighted by molar-refractivity contribution is 8.24. The largest absolute Gasteiger partial charge is 0.466 e. The van der Waals surface area contributed by atoms with Gasteiger partial charge >= 0.3 is 5.97 Å². The zero-order valence-electron chi connectivity index (χ0n) is 21.4. The van der Waals surface area contributed by atoms with E-state index in [9.17, 15) is 10.1 Å². The molecule has 1 unspecified atom stereocenters. The summed E-state index contributed by atoms with van der Waals surface area (Å²) in [5, 5.41) is 17.5. The van der Waals surface area contributed by atoms with Crippen molar-refractivity contribution in [3.63, 3.8) is 0 Å². The number of hydrogen-bond acceptors (Lipinski definition) is 5. The molecule has 0 saturated heterocycles. The van der Waals surface area contributed by atoms with E-state index in [1.54, 1.807) is 0 Å². The van der Waals surface area contributed by atoms with Gasteiger partial charge < -0.3 is 4.74 Å². The molecule has 0 N–H and O–H groups in total. The number of carbonyl (C=O) groups is 1. The summed E-state index contributed by atoms with van der Waals surface area (Å²) >= 11 is 6.85. The van der Waals surface area contributed by atoms with Crippen LogP contribution in [0.3, 0.4) is 0 Å². The molecular formula is C33H29NO2S2. The maximum absolute atomic E-state index is 12.4. The van der Waals surface area contributed by atoms with Gasteiger partial charge in [0.15, 0.2) is 0 Å². The SMILES string of the molecule is CC(C#N)(CCC(=O)OCCCCc1ccc2ccc3cccc4ccc1c2c34)SC(=S)c1ccccc1. The van der Waals surface area contributed by atoms with Gasteiger partial charge in [-0.1, -0.05) is 109 Å². The Labute approximate surface area is 233 Å². The van der Waals surface area contributed by atoms with Crippen LogP contribution >= 0.6 is 24.0 Å². The third-order valence-electron chi connectivity index (χ3n) is 7.09. The first-order valence-corrected chi connectivity index (χ1v) is 14.2. The van der Waals surface area contributed by atoms with Gasteiger partial charge in [-0.25, -0.2) is 0 Å². The number of hydrogen-bond donors (Lipinski definition) is 0. The molecule has 0 radical (unpaired) electrons. The number of carbonyl (C=O) groups excluding carboxylic acids is 1. The third-order valence-corrected chi connectivity index (χ3v) is 8.75. The standard InChI is InChI=1S/C33H29NO2S2/c1-33(22-34,38-32(37)27-9-3-2-4-10-27)20-19-29(35)36-21-6-5-8-23-13-14-26-16-15-24-11-7-12-25-17-18-28(23)31(26)30(24)25/h2-4,7,9-18H,5-6,8,19-21H2,1H3. The normalized spacial score (nSPS) is 12.9. The highest BCUT2D eigenvalue weighted by Crippen LogP contribution is 2.36. The van der Waals surface area contributed by atoms with Crippen LogP contribution < -0.4 is 0 Å². The van der Waals surface area contributed by atoms with E-state index >= 15 is 0 Å². The molecule has 5 rings (SSSR count). The molecule has 5 heteroatoms. The zero-order chi connectivity index (χ0) is 26.5. The minimum Gasteiger partial charge on any atom is -0.466 e. The van der Waals surface area contributed by atoms with Gasteiger partial charge in [-0.3, -0.25) is 4.79 Å². The Bertz CT molecular complexity index is 1620. The predicted molar refractivity (Wildman–Crippen MR) is 163 cm³/mol. The lowest BCUT2D eigenvalue weighted by molar-refractivity contribution is -0.143. The van der Waals surface area contributed by atoms with Crippen molar-refractivity contribution in [3.8, 4) is 6.07 Å². The number of benzene rings is 5. The molecule has 1 atom stereocenters. The second-order valence-corrected chi connectivity index (χ2v) is 12.0. The maximum Gasteiger partial charge on any atom is 0.305 e. The second kappa shape index (κ2) is 11.5. The predicted octanol–water partition coefficient (Wildman–Crippen LogP) is 8.62. The Morgan fingerprint density at radius 3 is 2.32 bits per heavy atom. The number of unbranched alkanes of at least 4 members (excludes halogenated alkanes) is 1. The van der Waals surface area contributed by atoms with Crippen molar-refractivity contribution < 1.29 is 9.53 Å². The average Bonchev–Trinajstić information content (AvgIpc) is 2.95. The molecule has 3 nitrogen and oxygen atoms in total. The Morgan fingerprint density at radius 2 is 1.58 bits per heavy atom. The number of thioether (sulfide) groups is 1. The van der Waals surface area contributed by atoms with Crippen LogP contribution in [-0.2, 0) is 16.0 Å². The molecule has 0 fully saturated rings. The number of thiocarbonyl (C=S) groups is 1. The minimum absolute atomic E-state index is 0.198. The third kappa shape index (κ3) is 5.67. The molecule has 5 aromatic rings. The van der Waals surface area contributed by atoms with Crippen molar-refractivity contribution in [3.05, 3.63) is 96.1 Å². The van der Waals surface area contributed by atoms with Crippen LogP contribution in [0.1, 0.15) is 43.7 Å². The fourth-order valence-electron chi connectivity index (χ4n) is 5.00. The Kier molecular flexibility index (Phi) is 7.93. The number of ether oxygens (including phenoxy) is 1. The van der Waals surface area contributed by atoms with Crippen molar-refractivity contribution in [2.45, 2.75) is 43.8 Å². The van der Waals surface area contributed by atoms with E-state index in [1.807, 2.05) is 37.3 Å². The van der Waals surface area contributed by atoms with Crippen LogP contribution in [0.25, 0.3) is 32.3 Å². The zero-order valence-corrected chi connectivity index (χ0v) is 23.0. The van der Waals surface area contributed by atoms with Gasteiger partial charge in [0, 0.05) is 6.42 Å². The number of nitrogens with zero attached hydrogens (tertiary/aromatic N) is 1. The number of esters is 1. The lowest BCUT2D eigenvalue weighted by Gasteiger charge is -2.20. The quantitative estimate of drug-likeness (QED) is 0.0775. The van der Waals surface area contributed by atoms with Gasteiger partial charge in [0.1, 0.15) is 4.75 Å². The summed E-state index contributed by atoms with van der Waals surface area (Å²) in [5.74, 6) is -0.263. The molecule has 0 amide bonds. The molecular weight excluding hydrogens is 507 g/mol. The highest BCUT2D eigenvalue weighted by Gasteiger charge is 2.28. The molecule has 0 heterocycles. The first kappa shape index (κ1) is 26.2. The molecule has 5 aromatic carbocycles. The van der Waals surface area contributed by atoms with Gasteiger partial charge in [0.05, 0.1) is 16.9 Å². The van der Waals surface area contributed by atoms with E-state index in [-0.39, 0.29) is 12.4 Å². The smallest absolute Gasteiger partial charge is 0.305 e.